The van der Waals surface area contributed by atoms with Gasteiger partial charge in [0.1, 0.15) is 6.33 Å². The summed E-state index contributed by atoms with van der Waals surface area (Å²) in [7, 11) is 1.54. The topological polar surface area (TPSA) is 71.7 Å². The molecule has 0 aliphatic rings. The number of nitriles is 1. The quantitative estimate of drug-likeness (QED) is 0.709. The highest BCUT2D eigenvalue weighted by Gasteiger charge is 2.10. The molecule has 0 saturated carbocycles. The Morgan fingerprint density at radius 2 is 1.95 bits per heavy atom. The van der Waals surface area contributed by atoms with Crippen LogP contribution in [0.4, 0.5) is 0 Å². The molecule has 3 rings (SSSR count). The summed E-state index contributed by atoms with van der Waals surface area (Å²) in [5, 5.41) is 9.17. The van der Waals surface area contributed by atoms with Crippen molar-refractivity contribution in [3.63, 3.8) is 0 Å². The molecule has 0 N–H and O–H groups in total. The lowest BCUT2D eigenvalue weighted by Crippen LogP contribution is -1.95. The zero-order valence-electron chi connectivity index (χ0n) is 10.7. The number of fused-ring (bicyclic) bond motifs is 1. The Labute approximate surface area is 115 Å². The van der Waals surface area contributed by atoms with Gasteiger partial charge in [-0.05, 0) is 18.2 Å². The van der Waals surface area contributed by atoms with E-state index in [0.717, 1.165) is 5.56 Å². The zero-order valence-corrected chi connectivity index (χ0v) is 10.7. The minimum atomic E-state index is 0.422. The molecule has 0 bridgehead atoms. The molecule has 0 saturated heterocycles. The fourth-order valence-electron chi connectivity index (χ4n) is 2.02. The Kier molecular flexibility index (Phi) is 2.98. The van der Waals surface area contributed by atoms with Crippen LogP contribution in [0.25, 0.3) is 22.3 Å². The first kappa shape index (κ1) is 12.1. The number of hydrogen-bond donors (Lipinski definition) is 0. The first-order valence-electron chi connectivity index (χ1n) is 5.98. The summed E-state index contributed by atoms with van der Waals surface area (Å²) in [6.07, 6.45) is 1.44. The van der Waals surface area contributed by atoms with Gasteiger partial charge in [0.2, 0.25) is 5.88 Å². The molecule has 0 unspecified atom stereocenters. The first-order valence-corrected chi connectivity index (χ1v) is 5.98. The average molecular weight is 262 g/mol. The van der Waals surface area contributed by atoms with Gasteiger partial charge in [-0.1, -0.05) is 18.2 Å². The van der Waals surface area contributed by atoms with Crippen LogP contribution in [-0.4, -0.2) is 22.1 Å². The molecule has 20 heavy (non-hydrogen) atoms. The number of methoxy groups -OCH3 is 1. The molecule has 0 atom stereocenters. The van der Waals surface area contributed by atoms with E-state index in [9.17, 15) is 0 Å². The smallest absolute Gasteiger partial charge is 0.243 e. The summed E-state index contributed by atoms with van der Waals surface area (Å²) in [5.74, 6) is 0.422. The van der Waals surface area contributed by atoms with Crippen LogP contribution in [0.5, 0.6) is 5.88 Å². The third-order valence-electron chi connectivity index (χ3n) is 2.97. The van der Waals surface area contributed by atoms with Crippen molar-refractivity contribution in [2.24, 2.45) is 0 Å². The minimum absolute atomic E-state index is 0.422. The van der Waals surface area contributed by atoms with Crippen molar-refractivity contribution in [2.45, 2.75) is 0 Å². The van der Waals surface area contributed by atoms with Crippen LogP contribution in [-0.2, 0) is 0 Å². The van der Waals surface area contributed by atoms with Crippen LogP contribution in [0, 0.1) is 11.3 Å². The molecule has 0 aliphatic heterocycles. The van der Waals surface area contributed by atoms with Crippen molar-refractivity contribution in [2.75, 3.05) is 7.11 Å². The van der Waals surface area contributed by atoms with Crippen LogP contribution >= 0.6 is 0 Å². The molecule has 0 aliphatic carbocycles. The van der Waals surface area contributed by atoms with E-state index in [1.54, 1.807) is 13.2 Å². The first-order chi connectivity index (χ1) is 9.83. The lowest BCUT2D eigenvalue weighted by molar-refractivity contribution is 0.401. The van der Waals surface area contributed by atoms with Gasteiger partial charge in [-0.2, -0.15) is 10.2 Å². The van der Waals surface area contributed by atoms with Crippen LogP contribution in [0.2, 0.25) is 0 Å². The number of pyridine rings is 1. The van der Waals surface area contributed by atoms with Gasteiger partial charge >= 0.3 is 0 Å². The van der Waals surface area contributed by atoms with Crippen LogP contribution < -0.4 is 4.74 Å². The van der Waals surface area contributed by atoms with Gasteiger partial charge in [0.05, 0.1) is 30.0 Å². The number of nitrogens with zero attached hydrogens (tertiary/aromatic N) is 4. The molecular weight excluding hydrogens is 252 g/mol. The van der Waals surface area contributed by atoms with E-state index >= 15 is 0 Å². The number of rotatable bonds is 2. The van der Waals surface area contributed by atoms with E-state index in [4.69, 9.17) is 10.00 Å². The van der Waals surface area contributed by atoms with E-state index in [2.05, 4.69) is 21.0 Å². The summed E-state index contributed by atoms with van der Waals surface area (Å²) in [4.78, 5) is 12.7. The molecule has 0 spiro atoms. The fraction of sp³-hybridized carbons (Fsp3) is 0.0667. The third-order valence-corrected chi connectivity index (χ3v) is 2.97. The van der Waals surface area contributed by atoms with E-state index in [1.807, 2.05) is 30.3 Å². The lowest BCUT2D eigenvalue weighted by Gasteiger charge is -2.06. The Morgan fingerprint density at radius 3 is 2.75 bits per heavy atom. The standard InChI is InChI=1S/C15H10N4O/c1-20-15-14-13(17-9-18-15)7-6-12(19-14)11-5-3-2-4-10(11)8-16/h2-7,9H,1H3. The summed E-state index contributed by atoms with van der Waals surface area (Å²) < 4.78 is 5.20. The molecule has 3 aromatic rings. The maximum absolute atomic E-state index is 9.17. The summed E-state index contributed by atoms with van der Waals surface area (Å²) in [6, 6.07) is 13.2. The second-order valence-corrected chi connectivity index (χ2v) is 4.10. The normalized spacial score (nSPS) is 10.2. The van der Waals surface area contributed by atoms with Crippen molar-refractivity contribution in [1.29, 1.82) is 5.26 Å². The Morgan fingerprint density at radius 1 is 1.10 bits per heavy atom. The predicted molar refractivity (Wildman–Crippen MR) is 74.0 cm³/mol. The summed E-state index contributed by atoms with van der Waals surface area (Å²) >= 11 is 0. The zero-order chi connectivity index (χ0) is 13.9. The monoisotopic (exact) mass is 262 g/mol. The maximum Gasteiger partial charge on any atom is 0.243 e. The molecule has 0 fully saturated rings. The largest absolute Gasteiger partial charge is 0.479 e. The highest BCUT2D eigenvalue weighted by atomic mass is 16.5. The van der Waals surface area contributed by atoms with Crippen molar-refractivity contribution in [1.82, 2.24) is 15.0 Å². The fourth-order valence-corrected chi connectivity index (χ4v) is 2.02. The van der Waals surface area contributed by atoms with Gasteiger partial charge in [-0.15, -0.1) is 0 Å². The summed E-state index contributed by atoms with van der Waals surface area (Å²) in [6.45, 7) is 0. The molecule has 0 amide bonds. The van der Waals surface area contributed by atoms with Crippen molar-refractivity contribution >= 4 is 11.0 Å². The van der Waals surface area contributed by atoms with Crippen LogP contribution in [0.1, 0.15) is 5.56 Å². The van der Waals surface area contributed by atoms with Gasteiger partial charge < -0.3 is 4.74 Å². The number of ether oxygens (including phenoxy) is 1. The molecule has 0 radical (unpaired) electrons. The highest BCUT2D eigenvalue weighted by molar-refractivity contribution is 5.82. The van der Waals surface area contributed by atoms with E-state index in [1.165, 1.54) is 6.33 Å². The molecule has 2 heterocycles. The number of benzene rings is 1. The molecule has 2 aromatic heterocycles. The van der Waals surface area contributed by atoms with Crippen molar-refractivity contribution < 1.29 is 4.74 Å². The molecule has 96 valence electrons. The highest BCUT2D eigenvalue weighted by Crippen LogP contribution is 2.26. The SMILES string of the molecule is COc1ncnc2ccc(-c3ccccc3C#N)nc12. The van der Waals surface area contributed by atoms with Gasteiger partial charge in [0.15, 0.2) is 5.52 Å². The summed E-state index contributed by atoms with van der Waals surface area (Å²) in [5.41, 5.74) is 3.34. The Hall–Kier alpha value is -3.00. The van der Waals surface area contributed by atoms with Gasteiger partial charge in [-0.3, -0.25) is 0 Å². The number of aromatic nitrogens is 3. The Balaban J connectivity index is 2.26. The second-order valence-electron chi connectivity index (χ2n) is 4.10. The molecule has 5 heteroatoms. The molecule has 5 nitrogen and oxygen atoms in total. The van der Waals surface area contributed by atoms with Gasteiger partial charge in [0, 0.05) is 5.56 Å². The maximum atomic E-state index is 9.17. The molecule has 1 aromatic carbocycles. The Bertz CT molecular complexity index is 823. The van der Waals surface area contributed by atoms with E-state index < -0.39 is 0 Å². The van der Waals surface area contributed by atoms with E-state index in [-0.39, 0.29) is 0 Å². The van der Waals surface area contributed by atoms with E-state index in [0.29, 0.717) is 28.2 Å². The van der Waals surface area contributed by atoms with Gasteiger partial charge in [-0.25, -0.2) is 9.97 Å². The second kappa shape index (κ2) is 4.94. The predicted octanol–water partition coefficient (Wildman–Crippen LogP) is 2.57. The van der Waals surface area contributed by atoms with Gasteiger partial charge in [0.25, 0.3) is 0 Å². The number of hydrogen-bond acceptors (Lipinski definition) is 5. The van der Waals surface area contributed by atoms with Crippen LogP contribution in [0.3, 0.4) is 0 Å². The molecular formula is C15H10N4O. The third kappa shape index (κ3) is 1.93. The average Bonchev–Trinajstić information content (AvgIpc) is 2.53. The van der Waals surface area contributed by atoms with Crippen LogP contribution in [0.15, 0.2) is 42.7 Å². The minimum Gasteiger partial charge on any atom is -0.479 e. The van der Waals surface area contributed by atoms with Crippen molar-refractivity contribution in [3.05, 3.63) is 48.3 Å². The lowest BCUT2D eigenvalue weighted by atomic mass is 10.0. The van der Waals surface area contributed by atoms with Crippen molar-refractivity contribution in [3.8, 4) is 23.2 Å².